The Morgan fingerprint density at radius 2 is 2.00 bits per heavy atom. The van der Waals surface area contributed by atoms with Gasteiger partial charge < -0.3 is 10.2 Å². The monoisotopic (exact) mass is 245 g/mol. The van der Waals surface area contributed by atoms with Crippen LogP contribution in [0.1, 0.15) is 5.56 Å². The van der Waals surface area contributed by atoms with Crippen LogP contribution in [0.4, 0.5) is 15.9 Å². The summed E-state index contributed by atoms with van der Waals surface area (Å²) in [5.41, 5.74) is 1.62. The van der Waals surface area contributed by atoms with Gasteiger partial charge in [-0.1, -0.05) is 18.2 Å². The Kier molecular flexibility index (Phi) is 3.89. The highest BCUT2D eigenvalue weighted by Gasteiger charge is 2.09. The fourth-order valence-corrected chi connectivity index (χ4v) is 1.77. The van der Waals surface area contributed by atoms with E-state index >= 15 is 0 Å². The van der Waals surface area contributed by atoms with Gasteiger partial charge >= 0.3 is 0 Å². The first-order valence-electron chi connectivity index (χ1n) is 5.80. The molecule has 0 saturated heterocycles. The molecular weight excluding hydrogens is 229 g/mol. The summed E-state index contributed by atoms with van der Waals surface area (Å²) >= 11 is 0. The molecule has 0 unspecified atom stereocenters. The third kappa shape index (κ3) is 2.65. The molecule has 0 atom stereocenters. The standard InChI is InChI=1S/C14H16FN3/c1-16-9-11-7-8-14(17-10-11)18(2)13-6-4-3-5-12(13)15/h3-8,10,16H,9H2,1-2H3. The second-order valence-corrected chi connectivity index (χ2v) is 4.07. The van der Waals surface area contributed by atoms with Crippen molar-refractivity contribution in [3.63, 3.8) is 0 Å². The van der Waals surface area contributed by atoms with Crippen LogP contribution in [-0.4, -0.2) is 19.1 Å². The van der Waals surface area contributed by atoms with Crippen molar-refractivity contribution in [2.45, 2.75) is 6.54 Å². The second kappa shape index (κ2) is 5.60. The fourth-order valence-electron chi connectivity index (χ4n) is 1.77. The van der Waals surface area contributed by atoms with Gasteiger partial charge in [0.15, 0.2) is 0 Å². The zero-order valence-electron chi connectivity index (χ0n) is 10.5. The molecule has 0 radical (unpaired) electrons. The molecule has 18 heavy (non-hydrogen) atoms. The lowest BCUT2D eigenvalue weighted by molar-refractivity contribution is 0.627. The van der Waals surface area contributed by atoms with Crippen LogP contribution in [0.15, 0.2) is 42.6 Å². The number of pyridine rings is 1. The number of hydrogen-bond donors (Lipinski definition) is 1. The number of rotatable bonds is 4. The molecule has 1 heterocycles. The molecule has 4 heteroatoms. The highest BCUT2D eigenvalue weighted by molar-refractivity contribution is 5.59. The molecule has 2 aromatic rings. The van der Waals surface area contributed by atoms with Crippen LogP contribution < -0.4 is 10.2 Å². The van der Waals surface area contributed by atoms with Crippen molar-refractivity contribution in [3.8, 4) is 0 Å². The third-order valence-corrected chi connectivity index (χ3v) is 2.75. The van der Waals surface area contributed by atoms with Crippen LogP contribution in [0.3, 0.4) is 0 Å². The molecule has 1 aromatic carbocycles. The highest BCUT2D eigenvalue weighted by Crippen LogP contribution is 2.24. The maximum Gasteiger partial charge on any atom is 0.146 e. The smallest absolute Gasteiger partial charge is 0.146 e. The summed E-state index contributed by atoms with van der Waals surface area (Å²) in [6.45, 7) is 0.774. The van der Waals surface area contributed by atoms with Crippen molar-refractivity contribution in [3.05, 3.63) is 54.0 Å². The van der Waals surface area contributed by atoms with Crippen molar-refractivity contribution in [2.75, 3.05) is 19.0 Å². The minimum absolute atomic E-state index is 0.249. The third-order valence-electron chi connectivity index (χ3n) is 2.75. The molecule has 0 amide bonds. The summed E-state index contributed by atoms with van der Waals surface area (Å²) in [5.74, 6) is 0.473. The summed E-state index contributed by atoms with van der Waals surface area (Å²) in [7, 11) is 3.69. The molecule has 0 aliphatic heterocycles. The Labute approximate surface area is 106 Å². The number of para-hydroxylation sites is 1. The van der Waals surface area contributed by atoms with Crippen LogP contribution >= 0.6 is 0 Å². The van der Waals surface area contributed by atoms with Gasteiger partial charge in [0.1, 0.15) is 11.6 Å². The van der Waals surface area contributed by atoms with Crippen LogP contribution in [0.25, 0.3) is 0 Å². The molecule has 1 aromatic heterocycles. The van der Waals surface area contributed by atoms with Gasteiger partial charge in [-0.3, -0.25) is 0 Å². The molecule has 0 fully saturated rings. The normalized spacial score (nSPS) is 10.4. The van der Waals surface area contributed by atoms with E-state index in [0.717, 1.165) is 17.9 Å². The maximum atomic E-state index is 13.6. The molecular formula is C14H16FN3. The largest absolute Gasteiger partial charge is 0.327 e. The number of nitrogens with zero attached hydrogens (tertiary/aromatic N) is 2. The predicted molar refractivity (Wildman–Crippen MR) is 71.5 cm³/mol. The Balaban J connectivity index is 2.23. The van der Waals surface area contributed by atoms with E-state index in [0.29, 0.717) is 5.69 Å². The Morgan fingerprint density at radius 1 is 1.22 bits per heavy atom. The number of benzene rings is 1. The van der Waals surface area contributed by atoms with E-state index in [9.17, 15) is 4.39 Å². The highest BCUT2D eigenvalue weighted by atomic mass is 19.1. The van der Waals surface area contributed by atoms with E-state index < -0.39 is 0 Å². The van der Waals surface area contributed by atoms with Gasteiger partial charge in [0.05, 0.1) is 5.69 Å². The second-order valence-electron chi connectivity index (χ2n) is 4.07. The number of aromatic nitrogens is 1. The summed E-state index contributed by atoms with van der Waals surface area (Å²) in [4.78, 5) is 6.07. The molecule has 0 aliphatic carbocycles. The minimum atomic E-state index is -0.249. The van der Waals surface area contributed by atoms with Gasteiger partial charge in [-0.2, -0.15) is 0 Å². The molecule has 94 valence electrons. The van der Waals surface area contributed by atoms with Gasteiger partial charge in [0.2, 0.25) is 0 Å². The van der Waals surface area contributed by atoms with Crippen LogP contribution in [0, 0.1) is 5.82 Å². The first-order chi connectivity index (χ1) is 8.72. The zero-order valence-corrected chi connectivity index (χ0v) is 10.5. The van der Waals surface area contributed by atoms with E-state index in [1.807, 2.05) is 25.2 Å². The van der Waals surface area contributed by atoms with Crippen molar-refractivity contribution in [2.24, 2.45) is 0 Å². The number of hydrogen-bond acceptors (Lipinski definition) is 3. The van der Waals surface area contributed by atoms with Crippen molar-refractivity contribution in [1.29, 1.82) is 0 Å². The van der Waals surface area contributed by atoms with Gasteiger partial charge in [-0.05, 0) is 30.8 Å². The van der Waals surface area contributed by atoms with E-state index in [2.05, 4.69) is 10.3 Å². The number of anilines is 2. The predicted octanol–water partition coefficient (Wildman–Crippen LogP) is 2.71. The topological polar surface area (TPSA) is 28.2 Å². The van der Waals surface area contributed by atoms with Gasteiger partial charge in [0, 0.05) is 19.8 Å². The zero-order chi connectivity index (χ0) is 13.0. The van der Waals surface area contributed by atoms with Gasteiger partial charge in [-0.25, -0.2) is 9.37 Å². The van der Waals surface area contributed by atoms with E-state index in [-0.39, 0.29) is 5.82 Å². The van der Waals surface area contributed by atoms with Gasteiger partial charge in [0.25, 0.3) is 0 Å². The first kappa shape index (κ1) is 12.5. The van der Waals surface area contributed by atoms with E-state index in [4.69, 9.17) is 0 Å². The Morgan fingerprint density at radius 3 is 2.61 bits per heavy atom. The van der Waals surface area contributed by atoms with Crippen molar-refractivity contribution < 1.29 is 4.39 Å². The lowest BCUT2D eigenvalue weighted by Gasteiger charge is -2.19. The molecule has 0 saturated carbocycles. The van der Waals surface area contributed by atoms with Crippen LogP contribution in [-0.2, 0) is 6.54 Å². The summed E-state index contributed by atoms with van der Waals surface area (Å²) in [6.07, 6.45) is 1.79. The summed E-state index contributed by atoms with van der Waals surface area (Å²) < 4.78 is 13.6. The van der Waals surface area contributed by atoms with E-state index in [1.165, 1.54) is 6.07 Å². The minimum Gasteiger partial charge on any atom is -0.327 e. The molecule has 0 spiro atoms. The van der Waals surface area contributed by atoms with Gasteiger partial charge in [-0.15, -0.1) is 0 Å². The molecule has 0 bridgehead atoms. The van der Waals surface area contributed by atoms with E-state index in [1.54, 1.807) is 30.3 Å². The molecule has 2 rings (SSSR count). The number of nitrogens with one attached hydrogen (secondary N) is 1. The average Bonchev–Trinajstić information content (AvgIpc) is 2.40. The molecule has 3 nitrogen and oxygen atoms in total. The quantitative estimate of drug-likeness (QED) is 0.897. The van der Waals surface area contributed by atoms with Crippen LogP contribution in [0.2, 0.25) is 0 Å². The first-order valence-corrected chi connectivity index (χ1v) is 5.80. The number of halogens is 1. The maximum absolute atomic E-state index is 13.6. The van der Waals surface area contributed by atoms with Crippen molar-refractivity contribution >= 4 is 11.5 Å². The van der Waals surface area contributed by atoms with Crippen molar-refractivity contribution in [1.82, 2.24) is 10.3 Å². The lowest BCUT2D eigenvalue weighted by Crippen LogP contribution is -2.13. The van der Waals surface area contributed by atoms with Crippen LogP contribution in [0.5, 0.6) is 0 Å². The molecule has 0 aliphatic rings. The average molecular weight is 245 g/mol. The molecule has 1 N–H and O–H groups in total. The fraction of sp³-hybridized carbons (Fsp3) is 0.214. The summed E-state index contributed by atoms with van der Waals surface area (Å²) in [5, 5.41) is 3.06. The summed E-state index contributed by atoms with van der Waals surface area (Å²) in [6, 6.07) is 10.5. The SMILES string of the molecule is CNCc1ccc(N(C)c2ccccc2F)nc1. The lowest BCUT2D eigenvalue weighted by atomic mass is 10.2. The Bertz CT molecular complexity index is 511. The Hall–Kier alpha value is -1.94.